The summed E-state index contributed by atoms with van der Waals surface area (Å²) >= 11 is 0. The van der Waals surface area contributed by atoms with Crippen molar-refractivity contribution >= 4 is 0 Å². The van der Waals surface area contributed by atoms with Gasteiger partial charge in [0.1, 0.15) is 12.2 Å². The van der Waals surface area contributed by atoms with Crippen LogP contribution >= 0.6 is 0 Å². The number of epoxide rings is 2. The molecule has 0 aromatic heterocycles. The zero-order valence-electron chi connectivity index (χ0n) is 32.6. The molecule has 388 valence electrons. The summed E-state index contributed by atoms with van der Waals surface area (Å²) in [5.74, 6) is -73.7. The van der Waals surface area contributed by atoms with Crippen LogP contribution in [0.4, 0.5) is 114 Å². The molecule has 2 heterocycles. The number of hydrogen-bond donors (Lipinski definition) is 0. The van der Waals surface area contributed by atoms with Gasteiger partial charge in [-0.2, -0.15) is 114 Å². The van der Waals surface area contributed by atoms with Crippen LogP contribution in [0.2, 0.25) is 0 Å². The molecule has 2 aliphatic rings. The topological polar surface area (TPSA) is 71.2 Å². The van der Waals surface area contributed by atoms with Crippen molar-refractivity contribution in [2.45, 2.75) is 109 Å². The summed E-state index contributed by atoms with van der Waals surface area (Å²) in [5.41, 5.74) is 0. The average Bonchev–Trinajstić information content (AvgIpc) is 4.10. The molecule has 2 fully saturated rings. The maximum atomic E-state index is 14.0. The number of methoxy groups -OCH3 is 2. The standard InChI is InChI=1S/C17H21F13O4.C9H5F13O.C6H10O2/c1-4-5-33-8-11(7-31-2)34-9-10(32-3)6-12(18,19)13(20,21)14(22,23)15(24,25)16(26,27)17(28,29)30;10-4(11,1-3-2-23-3)5(12,13)6(14,15)7(16,17)8(18,19)9(20,21)22;1-2-3-7-4-6-5-8-6/h4,10-11H,1,5-9H2,2-3H3;3H,1-2H2;2,6H,1,3-5H2. The second kappa shape index (κ2) is 22.2. The van der Waals surface area contributed by atoms with E-state index in [1.165, 1.54) is 13.2 Å². The molecule has 0 aromatic rings. The summed E-state index contributed by atoms with van der Waals surface area (Å²) < 4.78 is 368. The van der Waals surface area contributed by atoms with Gasteiger partial charge in [0.25, 0.3) is 0 Å². The lowest BCUT2D eigenvalue weighted by molar-refractivity contribution is -0.441. The summed E-state index contributed by atoms with van der Waals surface area (Å²) in [6.45, 7) is 6.87. The van der Waals surface area contributed by atoms with E-state index >= 15 is 0 Å². The molecule has 7 nitrogen and oxygen atoms in total. The molecule has 4 unspecified atom stereocenters. The Balaban J connectivity index is 0.00000112. The van der Waals surface area contributed by atoms with Crippen molar-refractivity contribution in [3.05, 3.63) is 25.3 Å². The van der Waals surface area contributed by atoms with Crippen LogP contribution in [0.25, 0.3) is 0 Å². The molecule has 0 amide bonds. The normalized spacial score (nSPS) is 19.3. The first-order chi connectivity index (χ1) is 28.9. The number of alkyl halides is 26. The van der Waals surface area contributed by atoms with Gasteiger partial charge in [0, 0.05) is 27.1 Å². The van der Waals surface area contributed by atoms with Crippen molar-refractivity contribution in [1.29, 1.82) is 0 Å². The number of ether oxygens (including phenoxy) is 7. The Morgan fingerprint density at radius 1 is 0.477 bits per heavy atom. The Bertz CT molecular complexity index is 1460. The summed E-state index contributed by atoms with van der Waals surface area (Å²) in [6, 6.07) is 0. The first-order valence-corrected chi connectivity index (χ1v) is 17.1. The average molecular weight is 1030 g/mol. The van der Waals surface area contributed by atoms with Crippen molar-refractivity contribution in [2.75, 3.05) is 67.1 Å². The Morgan fingerprint density at radius 3 is 1.18 bits per heavy atom. The molecular formula is C32H36F26O7. The van der Waals surface area contributed by atoms with E-state index < -0.39 is 116 Å². The van der Waals surface area contributed by atoms with E-state index in [9.17, 15) is 114 Å². The molecule has 0 saturated carbocycles. The van der Waals surface area contributed by atoms with Gasteiger partial charge in [0.05, 0.1) is 65.1 Å². The van der Waals surface area contributed by atoms with Crippen LogP contribution in [-0.4, -0.2) is 163 Å². The molecule has 0 aromatic carbocycles. The van der Waals surface area contributed by atoms with E-state index in [-0.39, 0.29) is 19.8 Å². The minimum Gasteiger partial charge on any atom is -0.382 e. The highest BCUT2D eigenvalue weighted by Crippen LogP contribution is 2.62. The predicted molar refractivity (Wildman–Crippen MR) is 165 cm³/mol. The van der Waals surface area contributed by atoms with Gasteiger partial charge in [-0.05, 0) is 0 Å². The third kappa shape index (κ3) is 14.2. The van der Waals surface area contributed by atoms with E-state index in [2.05, 4.69) is 22.6 Å². The second-order valence-corrected chi connectivity index (χ2v) is 13.2. The third-order valence-corrected chi connectivity index (χ3v) is 8.05. The van der Waals surface area contributed by atoms with Crippen LogP contribution in [0, 0.1) is 0 Å². The van der Waals surface area contributed by atoms with Crippen molar-refractivity contribution in [3.63, 3.8) is 0 Å². The molecular weight excluding hydrogens is 990 g/mol. The van der Waals surface area contributed by atoms with Crippen LogP contribution < -0.4 is 0 Å². The number of hydrogen-bond acceptors (Lipinski definition) is 7. The van der Waals surface area contributed by atoms with Gasteiger partial charge in [0.2, 0.25) is 0 Å². The van der Waals surface area contributed by atoms with Crippen LogP contribution in [0.1, 0.15) is 12.8 Å². The fraction of sp³-hybridized carbons (Fsp3) is 0.875. The van der Waals surface area contributed by atoms with Gasteiger partial charge in [-0.15, -0.1) is 13.2 Å². The lowest BCUT2D eigenvalue weighted by Crippen LogP contribution is -2.70. The quantitative estimate of drug-likeness (QED) is 0.0370. The lowest BCUT2D eigenvalue weighted by Gasteiger charge is -2.40. The van der Waals surface area contributed by atoms with E-state index in [0.29, 0.717) is 19.8 Å². The van der Waals surface area contributed by atoms with Crippen molar-refractivity contribution in [2.24, 2.45) is 0 Å². The highest BCUT2D eigenvalue weighted by molar-refractivity contribution is 5.12. The Hall–Kier alpha value is -2.62. The van der Waals surface area contributed by atoms with Crippen molar-refractivity contribution in [1.82, 2.24) is 0 Å². The number of rotatable bonds is 26. The molecule has 0 spiro atoms. The molecule has 2 rings (SSSR count). The minimum absolute atomic E-state index is 0.00652. The molecule has 4 atom stereocenters. The fourth-order valence-electron chi connectivity index (χ4n) is 4.13. The Kier molecular flexibility index (Phi) is 21.3. The summed E-state index contributed by atoms with van der Waals surface area (Å²) in [7, 11) is 1.78. The summed E-state index contributed by atoms with van der Waals surface area (Å²) in [4.78, 5) is 0. The first-order valence-electron chi connectivity index (χ1n) is 17.1. The van der Waals surface area contributed by atoms with Gasteiger partial charge in [-0.25, -0.2) is 0 Å². The third-order valence-electron chi connectivity index (χ3n) is 8.05. The summed E-state index contributed by atoms with van der Waals surface area (Å²) in [5, 5.41) is 0. The molecule has 0 bridgehead atoms. The number of halogens is 26. The smallest absolute Gasteiger partial charge is 0.382 e. The van der Waals surface area contributed by atoms with Crippen LogP contribution in [-0.2, 0) is 33.2 Å². The molecule has 0 N–H and O–H groups in total. The predicted octanol–water partition coefficient (Wildman–Crippen LogP) is 10.5. The molecule has 65 heavy (non-hydrogen) atoms. The molecule has 0 radical (unpaired) electrons. The van der Waals surface area contributed by atoms with E-state index in [1.54, 1.807) is 6.08 Å². The van der Waals surface area contributed by atoms with Gasteiger partial charge in [-0.3, -0.25) is 0 Å². The van der Waals surface area contributed by atoms with Gasteiger partial charge < -0.3 is 33.2 Å². The Morgan fingerprint density at radius 2 is 0.846 bits per heavy atom. The maximum Gasteiger partial charge on any atom is 0.460 e. The van der Waals surface area contributed by atoms with Gasteiger partial charge in [-0.1, -0.05) is 12.2 Å². The van der Waals surface area contributed by atoms with Crippen LogP contribution in [0.15, 0.2) is 25.3 Å². The minimum atomic E-state index is -7.95. The van der Waals surface area contributed by atoms with Crippen LogP contribution in [0.3, 0.4) is 0 Å². The molecule has 2 aliphatic heterocycles. The zero-order valence-corrected chi connectivity index (χ0v) is 32.6. The van der Waals surface area contributed by atoms with Gasteiger partial charge >= 0.3 is 71.6 Å². The second-order valence-electron chi connectivity index (χ2n) is 13.2. The van der Waals surface area contributed by atoms with Gasteiger partial charge in [0.15, 0.2) is 0 Å². The largest absolute Gasteiger partial charge is 0.460 e. The maximum absolute atomic E-state index is 14.0. The van der Waals surface area contributed by atoms with Crippen molar-refractivity contribution in [3.8, 4) is 0 Å². The summed E-state index contributed by atoms with van der Waals surface area (Å²) in [6.07, 6.45) is -21.2. The molecule has 33 heteroatoms. The highest BCUT2D eigenvalue weighted by atomic mass is 19.4. The van der Waals surface area contributed by atoms with E-state index in [0.717, 1.165) is 13.2 Å². The SMILES string of the molecule is C=CCOCC(COC)OCC(CC(F)(F)C(F)(F)C(F)(F)C(F)(F)C(F)(F)C(F)(F)F)OC.C=CCOCC1CO1.FC(F)(F)C(F)(F)C(F)(F)C(F)(F)C(F)(F)C(F)(F)CC1CO1. The lowest BCUT2D eigenvalue weighted by atomic mass is 9.91. The zero-order chi connectivity index (χ0) is 51.7. The fourth-order valence-corrected chi connectivity index (χ4v) is 4.13. The molecule has 2 saturated heterocycles. The monoisotopic (exact) mass is 1030 g/mol. The molecule has 0 aliphatic carbocycles. The van der Waals surface area contributed by atoms with E-state index in [1.807, 2.05) is 0 Å². The Labute approximate surface area is 349 Å². The van der Waals surface area contributed by atoms with Crippen LogP contribution in [0.5, 0.6) is 0 Å². The van der Waals surface area contributed by atoms with Crippen molar-refractivity contribution < 1.29 is 147 Å². The first kappa shape index (κ1) is 62.4. The van der Waals surface area contributed by atoms with E-state index in [4.69, 9.17) is 23.7 Å². The highest BCUT2D eigenvalue weighted by Gasteiger charge is 2.92.